The van der Waals surface area contributed by atoms with Crippen molar-refractivity contribution in [1.29, 1.82) is 0 Å². The predicted molar refractivity (Wildman–Crippen MR) is 77.7 cm³/mol. The van der Waals surface area contributed by atoms with E-state index < -0.39 is 6.29 Å². The fourth-order valence-electron chi connectivity index (χ4n) is 2.84. The summed E-state index contributed by atoms with van der Waals surface area (Å²) in [4.78, 5) is 14.1. The smallest absolute Gasteiger partial charge is 0.395 e. The highest BCUT2D eigenvalue weighted by molar-refractivity contribution is 5.92. The number of fused-ring (bicyclic) bond motifs is 1. The number of rotatable bonds is 3. The number of morpholine rings is 1. The molecule has 2 aliphatic heterocycles. The summed E-state index contributed by atoms with van der Waals surface area (Å²) >= 11 is 0. The Balaban J connectivity index is 1.59. The van der Waals surface area contributed by atoms with Crippen LogP contribution in [0, 0.1) is 0 Å². The molecule has 2 heterocycles. The highest BCUT2D eigenvalue weighted by Crippen LogP contribution is 2.42. The topological polar surface area (TPSA) is 60.0 Å². The average molecular weight is 328 g/mol. The molecule has 1 fully saturated rings. The lowest BCUT2D eigenvalue weighted by atomic mass is 10.2. The molecule has 1 saturated heterocycles. The summed E-state index contributed by atoms with van der Waals surface area (Å²) in [5, 5.41) is 2.67. The maximum Gasteiger partial charge on any atom is 0.586 e. The van der Waals surface area contributed by atoms with Crippen LogP contribution in [0.1, 0.15) is 13.8 Å². The second-order valence-electron chi connectivity index (χ2n) is 5.83. The number of halogens is 2. The Hall–Kier alpha value is -1.93. The summed E-state index contributed by atoms with van der Waals surface area (Å²) in [5.41, 5.74) is 0.379. The van der Waals surface area contributed by atoms with E-state index in [-0.39, 0.29) is 36.2 Å². The van der Waals surface area contributed by atoms with E-state index in [9.17, 15) is 13.6 Å². The van der Waals surface area contributed by atoms with E-state index in [2.05, 4.69) is 14.8 Å². The molecule has 0 unspecified atom stereocenters. The van der Waals surface area contributed by atoms with Crippen molar-refractivity contribution in [3.05, 3.63) is 18.2 Å². The summed E-state index contributed by atoms with van der Waals surface area (Å²) in [7, 11) is 0. The zero-order valence-corrected chi connectivity index (χ0v) is 12.8. The van der Waals surface area contributed by atoms with Crippen LogP contribution in [0.15, 0.2) is 18.2 Å². The van der Waals surface area contributed by atoms with Crippen molar-refractivity contribution in [2.45, 2.75) is 32.4 Å². The number of amides is 1. The SMILES string of the molecule is C[C@@H]1CN(CC(=O)Nc2ccc3c(c2)OC(F)(F)O3)C[C@H](C)O1. The van der Waals surface area contributed by atoms with Crippen LogP contribution in [0.5, 0.6) is 11.5 Å². The van der Waals surface area contributed by atoms with Gasteiger partial charge in [0.25, 0.3) is 0 Å². The van der Waals surface area contributed by atoms with Crippen LogP contribution < -0.4 is 14.8 Å². The number of ether oxygens (including phenoxy) is 3. The second-order valence-corrected chi connectivity index (χ2v) is 5.83. The Kier molecular flexibility index (Phi) is 4.11. The number of alkyl halides is 2. The molecular formula is C15H18F2N2O4. The quantitative estimate of drug-likeness (QED) is 0.920. The molecular weight excluding hydrogens is 310 g/mol. The summed E-state index contributed by atoms with van der Waals surface area (Å²) < 4.78 is 40.2. The second kappa shape index (κ2) is 5.93. The first-order valence-corrected chi connectivity index (χ1v) is 7.38. The first-order valence-electron chi connectivity index (χ1n) is 7.38. The number of nitrogens with zero attached hydrogens (tertiary/aromatic N) is 1. The number of anilines is 1. The number of nitrogens with one attached hydrogen (secondary N) is 1. The third-order valence-corrected chi connectivity index (χ3v) is 3.55. The fourth-order valence-corrected chi connectivity index (χ4v) is 2.84. The van der Waals surface area contributed by atoms with Gasteiger partial charge in [-0.05, 0) is 26.0 Å². The summed E-state index contributed by atoms with van der Waals surface area (Å²) in [6.07, 6.45) is -3.52. The molecule has 0 aliphatic carbocycles. The van der Waals surface area contributed by atoms with Crippen molar-refractivity contribution in [1.82, 2.24) is 4.90 Å². The highest BCUT2D eigenvalue weighted by atomic mass is 19.3. The van der Waals surface area contributed by atoms with E-state index >= 15 is 0 Å². The number of hydrogen-bond donors (Lipinski definition) is 1. The van der Waals surface area contributed by atoms with E-state index in [1.807, 2.05) is 18.7 Å². The van der Waals surface area contributed by atoms with Gasteiger partial charge in [0.05, 0.1) is 18.8 Å². The van der Waals surface area contributed by atoms with Crippen molar-refractivity contribution in [3.8, 4) is 11.5 Å². The Bertz CT molecular complexity index is 601. The van der Waals surface area contributed by atoms with Crippen LogP contribution in [0.2, 0.25) is 0 Å². The Morgan fingerprint density at radius 3 is 2.61 bits per heavy atom. The first kappa shape index (κ1) is 15.9. The van der Waals surface area contributed by atoms with E-state index in [0.717, 1.165) is 0 Å². The van der Waals surface area contributed by atoms with Crippen LogP contribution in [0.3, 0.4) is 0 Å². The minimum atomic E-state index is -3.66. The average Bonchev–Trinajstić information content (AvgIpc) is 2.70. The third kappa shape index (κ3) is 3.89. The molecule has 0 bridgehead atoms. The number of hydrogen-bond acceptors (Lipinski definition) is 5. The zero-order chi connectivity index (χ0) is 16.6. The van der Waals surface area contributed by atoms with Gasteiger partial charge in [-0.25, -0.2) is 0 Å². The van der Waals surface area contributed by atoms with E-state index in [4.69, 9.17) is 4.74 Å². The molecule has 0 spiro atoms. The van der Waals surface area contributed by atoms with Gasteiger partial charge in [0, 0.05) is 24.8 Å². The van der Waals surface area contributed by atoms with E-state index in [0.29, 0.717) is 18.8 Å². The van der Waals surface area contributed by atoms with Gasteiger partial charge in [-0.2, -0.15) is 0 Å². The highest BCUT2D eigenvalue weighted by Gasteiger charge is 2.43. The van der Waals surface area contributed by atoms with Gasteiger partial charge in [0.15, 0.2) is 11.5 Å². The van der Waals surface area contributed by atoms with Gasteiger partial charge in [0.2, 0.25) is 5.91 Å². The summed E-state index contributed by atoms with van der Waals surface area (Å²) in [6.45, 7) is 5.47. The van der Waals surface area contributed by atoms with Gasteiger partial charge >= 0.3 is 6.29 Å². The van der Waals surface area contributed by atoms with Crippen molar-refractivity contribution in [2.24, 2.45) is 0 Å². The number of carbonyl (C=O) groups excluding carboxylic acids is 1. The molecule has 1 aromatic rings. The number of carbonyl (C=O) groups is 1. The molecule has 0 saturated carbocycles. The summed E-state index contributed by atoms with van der Waals surface area (Å²) in [5.74, 6) is -0.373. The molecule has 8 heteroatoms. The maximum absolute atomic E-state index is 13.0. The van der Waals surface area contributed by atoms with Gasteiger partial charge < -0.3 is 19.5 Å². The van der Waals surface area contributed by atoms with Crippen LogP contribution in [-0.2, 0) is 9.53 Å². The Morgan fingerprint density at radius 2 is 1.91 bits per heavy atom. The number of benzene rings is 1. The lowest BCUT2D eigenvalue weighted by Gasteiger charge is -2.34. The minimum absolute atomic E-state index is 0.0520. The van der Waals surface area contributed by atoms with E-state index in [1.54, 1.807) is 0 Å². The van der Waals surface area contributed by atoms with Crippen LogP contribution in [-0.4, -0.2) is 48.9 Å². The van der Waals surface area contributed by atoms with Crippen LogP contribution in [0.25, 0.3) is 0 Å². The normalized spacial score (nSPS) is 26.1. The van der Waals surface area contributed by atoms with Gasteiger partial charge in [0.1, 0.15) is 0 Å². The molecule has 6 nitrogen and oxygen atoms in total. The zero-order valence-electron chi connectivity index (χ0n) is 12.8. The molecule has 2 aliphatic rings. The Labute approximate surface area is 132 Å². The monoisotopic (exact) mass is 328 g/mol. The van der Waals surface area contributed by atoms with Crippen LogP contribution in [0.4, 0.5) is 14.5 Å². The molecule has 1 N–H and O–H groups in total. The van der Waals surface area contributed by atoms with Gasteiger partial charge in [-0.1, -0.05) is 0 Å². The van der Waals surface area contributed by atoms with Crippen molar-refractivity contribution in [2.75, 3.05) is 25.0 Å². The molecule has 0 aromatic heterocycles. The maximum atomic E-state index is 13.0. The molecule has 23 heavy (non-hydrogen) atoms. The van der Waals surface area contributed by atoms with Crippen LogP contribution >= 0.6 is 0 Å². The predicted octanol–water partition coefficient (Wildman–Crippen LogP) is 2.06. The molecule has 126 valence electrons. The fraction of sp³-hybridized carbons (Fsp3) is 0.533. The molecule has 1 amide bonds. The molecule has 1 aromatic carbocycles. The first-order chi connectivity index (χ1) is 10.8. The third-order valence-electron chi connectivity index (χ3n) is 3.55. The van der Waals surface area contributed by atoms with Gasteiger partial charge in [-0.3, -0.25) is 9.69 Å². The van der Waals surface area contributed by atoms with Crippen molar-refractivity contribution < 1.29 is 27.8 Å². The molecule has 2 atom stereocenters. The molecule has 0 radical (unpaired) electrons. The standard InChI is InChI=1S/C15H18F2N2O4/c1-9-6-19(7-10(2)21-9)8-14(20)18-11-3-4-12-13(5-11)23-15(16,17)22-12/h3-5,9-10H,6-8H2,1-2H3,(H,18,20)/t9-,10+. The summed E-state index contributed by atoms with van der Waals surface area (Å²) in [6, 6.07) is 4.15. The lowest BCUT2D eigenvalue weighted by molar-refractivity contribution is -0.286. The lowest BCUT2D eigenvalue weighted by Crippen LogP contribution is -2.48. The van der Waals surface area contributed by atoms with E-state index in [1.165, 1.54) is 18.2 Å². The van der Waals surface area contributed by atoms with Crippen molar-refractivity contribution >= 4 is 11.6 Å². The Morgan fingerprint density at radius 1 is 1.26 bits per heavy atom. The largest absolute Gasteiger partial charge is 0.586 e. The van der Waals surface area contributed by atoms with Gasteiger partial charge in [-0.15, -0.1) is 8.78 Å². The molecule has 3 rings (SSSR count). The van der Waals surface area contributed by atoms with Crippen molar-refractivity contribution in [3.63, 3.8) is 0 Å². The minimum Gasteiger partial charge on any atom is -0.395 e.